The first kappa shape index (κ1) is 12.1. The molecule has 2 heterocycles. The summed E-state index contributed by atoms with van der Waals surface area (Å²) in [5.74, 6) is 1.18. The SMILES string of the molecule is CC.Cc1nnc(C2CN(C)CCO2)o1. The molecule has 1 aliphatic rings. The molecular formula is C10H19N3O2. The van der Waals surface area contributed by atoms with Crippen LogP contribution in [0.25, 0.3) is 0 Å². The molecule has 0 spiro atoms. The van der Waals surface area contributed by atoms with E-state index in [4.69, 9.17) is 9.15 Å². The van der Waals surface area contributed by atoms with Crippen molar-refractivity contribution in [3.8, 4) is 0 Å². The van der Waals surface area contributed by atoms with Crippen molar-refractivity contribution < 1.29 is 9.15 Å². The molecule has 0 radical (unpaired) electrons. The van der Waals surface area contributed by atoms with Crippen molar-refractivity contribution in [2.75, 3.05) is 26.7 Å². The number of morpholine rings is 1. The second kappa shape index (κ2) is 5.82. The summed E-state index contributed by atoms with van der Waals surface area (Å²) >= 11 is 0. The molecule has 0 aromatic carbocycles. The Hall–Kier alpha value is -0.940. The summed E-state index contributed by atoms with van der Waals surface area (Å²) in [5, 5.41) is 7.71. The Labute approximate surface area is 90.4 Å². The van der Waals surface area contributed by atoms with Gasteiger partial charge in [-0.05, 0) is 7.05 Å². The van der Waals surface area contributed by atoms with Crippen molar-refractivity contribution in [1.82, 2.24) is 15.1 Å². The Morgan fingerprint density at radius 3 is 2.60 bits per heavy atom. The third kappa shape index (κ3) is 3.28. The summed E-state index contributed by atoms with van der Waals surface area (Å²) in [4.78, 5) is 2.19. The van der Waals surface area contributed by atoms with E-state index >= 15 is 0 Å². The van der Waals surface area contributed by atoms with Gasteiger partial charge in [0, 0.05) is 20.0 Å². The Morgan fingerprint density at radius 2 is 2.07 bits per heavy atom. The van der Waals surface area contributed by atoms with Gasteiger partial charge >= 0.3 is 0 Å². The number of aryl methyl sites for hydroxylation is 1. The minimum absolute atomic E-state index is 0.0556. The predicted molar refractivity (Wildman–Crippen MR) is 56.6 cm³/mol. The first-order valence-corrected chi connectivity index (χ1v) is 5.36. The van der Waals surface area contributed by atoms with E-state index in [0.717, 1.165) is 19.7 Å². The van der Waals surface area contributed by atoms with E-state index in [1.165, 1.54) is 0 Å². The molecule has 5 nitrogen and oxygen atoms in total. The fraction of sp³-hybridized carbons (Fsp3) is 0.800. The normalized spacial score (nSPS) is 22.0. The second-order valence-corrected chi connectivity index (χ2v) is 3.28. The molecule has 5 heteroatoms. The lowest BCUT2D eigenvalue weighted by atomic mass is 10.3. The number of hydrogen-bond acceptors (Lipinski definition) is 5. The molecule has 0 aliphatic carbocycles. The summed E-state index contributed by atoms with van der Waals surface area (Å²) in [7, 11) is 2.05. The van der Waals surface area contributed by atoms with Crippen molar-refractivity contribution in [2.24, 2.45) is 0 Å². The number of hydrogen-bond donors (Lipinski definition) is 0. The van der Waals surface area contributed by atoms with Gasteiger partial charge in [0.05, 0.1) is 6.61 Å². The van der Waals surface area contributed by atoms with E-state index < -0.39 is 0 Å². The zero-order valence-electron chi connectivity index (χ0n) is 9.86. The number of nitrogens with zero attached hydrogens (tertiary/aromatic N) is 3. The highest BCUT2D eigenvalue weighted by molar-refractivity contribution is 4.88. The van der Waals surface area contributed by atoms with Crippen LogP contribution in [0.2, 0.25) is 0 Å². The van der Waals surface area contributed by atoms with Gasteiger partial charge in [-0.15, -0.1) is 10.2 Å². The predicted octanol–water partition coefficient (Wildman–Crippen LogP) is 1.41. The minimum Gasteiger partial charge on any atom is -0.423 e. The zero-order chi connectivity index (χ0) is 11.3. The van der Waals surface area contributed by atoms with Crippen molar-refractivity contribution in [2.45, 2.75) is 26.9 Å². The molecule has 2 rings (SSSR count). The largest absolute Gasteiger partial charge is 0.423 e. The quantitative estimate of drug-likeness (QED) is 0.706. The fourth-order valence-electron chi connectivity index (χ4n) is 1.37. The van der Waals surface area contributed by atoms with Crippen LogP contribution in [0.15, 0.2) is 4.42 Å². The molecule has 1 saturated heterocycles. The van der Waals surface area contributed by atoms with E-state index in [1.54, 1.807) is 6.92 Å². The molecule has 1 aliphatic heterocycles. The molecule has 86 valence electrons. The number of likely N-dealkylation sites (N-methyl/N-ethyl adjacent to an activating group) is 1. The van der Waals surface area contributed by atoms with Gasteiger partial charge in [-0.2, -0.15) is 0 Å². The Bertz CT molecular complexity index is 288. The summed E-state index contributed by atoms with van der Waals surface area (Å²) < 4.78 is 10.8. The number of ether oxygens (including phenoxy) is 1. The summed E-state index contributed by atoms with van der Waals surface area (Å²) in [5.41, 5.74) is 0. The van der Waals surface area contributed by atoms with Crippen molar-refractivity contribution in [3.63, 3.8) is 0 Å². The van der Waals surface area contributed by atoms with Crippen LogP contribution < -0.4 is 0 Å². The zero-order valence-corrected chi connectivity index (χ0v) is 9.86. The lowest BCUT2D eigenvalue weighted by Crippen LogP contribution is -2.35. The maximum Gasteiger partial charge on any atom is 0.246 e. The van der Waals surface area contributed by atoms with E-state index in [-0.39, 0.29) is 6.10 Å². The van der Waals surface area contributed by atoms with E-state index in [2.05, 4.69) is 22.1 Å². The monoisotopic (exact) mass is 213 g/mol. The van der Waals surface area contributed by atoms with Gasteiger partial charge in [0.15, 0.2) is 0 Å². The van der Waals surface area contributed by atoms with Gasteiger partial charge in [0.25, 0.3) is 0 Å². The van der Waals surface area contributed by atoms with Crippen LogP contribution in [0.5, 0.6) is 0 Å². The van der Waals surface area contributed by atoms with Crippen molar-refractivity contribution in [3.05, 3.63) is 11.8 Å². The maximum absolute atomic E-state index is 5.51. The van der Waals surface area contributed by atoms with Crippen molar-refractivity contribution in [1.29, 1.82) is 0 Å². The molecule has 15 heavy (non-hydrogen) atoms. The Kier molecular flexibility index (Phi) is 4.71. The molecule has 1 unspecified atom stereocenters. The molecule has 1 fully saturated rings. The number of rotatable bonds is 1. The lowest BCUT2D eigenvalue weighted by molar-refractivity contribution is -0.0346. The average molecular weight is 213 g/mol. The Morgan fingerprint density at radius 1 is 1.33 bits per heavy atom. The highest BCUT2D eigenvalue weighted by Crippen LogP contribution is 2.19. The molecule has 1 aromatic rings. The second-order valence-electron chi connectivity index (χ2n) is 3.28. The summed E-state index contributed by atoms with van der Waals surface area (Å²) in [6.07, 6.45) is -0.0556. The molecule has 0 saturated carbocycles. The summed E-state index contributed by atoms with van der Waals surface area (Å²) in [6, 6.07) is 0. The fourth-order valence-corrected chi connectivity index (χ4v) is 1.37. The van der Waals surface area contributed by atoms with Crippen LogP contribution in [0.4, 0.5) is 0 Å². The minimum atomic E-state index is -0.0556. The molecule has 0 N–H and O–H groups in total. The van der Waals surface area contributed by atoms with Gasteiger partial charge in [-0.3, -0.25) is 0 Å². The molecule has 1 aromatic heterocycles. The van der Waals surface area contributed by atoms with Crippen molar-refractivity contribution >= 4 is 0 Å². The lowest BCUT2D eigenvalue weighted by Gasteiger charge is -2.27. The van der Waals surface area contributed by atoms with Gasteiger partial charge in [-0.1, -0.05) is 13.8 Å². The van der Waals surface area contributed by atoms with Crippen LogP contribution >= 0.6 is 0 Å². The van der Waals surface area contributed by atoms with Crippen LogP contribution in [0.1, 0.15) is 31.7 Å². The van der Waals surface area contributed by atoms with Gasteiger partial charge < -0.3 is 14.1 Å². The van der Waals surface area contributed by atoms with Gasteiger partial charge in [-0.25, -0.2) is 0 Å². The first-order chi connectivity index (χ1) is 7.25. The third-order valence-corrected chi connectivity index (χ3v) is 2.09. The Balaban J connectivity index is 0.000000531. The topological polar surface area (TPSA) is 51.4 Å². The van der Waals surface area contributed by atoms with Gasteiger partial charge in [0.1, 0.15) is 6.10 Å². The van der Waals surface area contributed by atoms with Gasteiger partial charge in [0.2, 0.25) is 11.8 Å². The van der Waals surface area contributed by atoms with Crippen LogP contribution in [0.3, 0.4) is 0 Å². The maximum atomic E-state index is 5.51. The molecule has 0 bridgehead atoms. The molecule has 0 amide bonds. The van der Waals surface area contributed by atoms with E-state index in [9.17, 15) is 0 Å². The van der Waals surface area contributed by atoms with E-state index in [0.29, 0.717) is 11.8 Å². The van der Waals surface area contributed by atoms with Crippen LogP contribution in [-0.2, 0) is 4.74 Å². The standard InChI is InChI=1S/C8H13N3O2.C2H6/c1-6-9-10-8(13-6)7-5-11(2)3-4-12-7;1-2/h7H,3-5H2,1-2H3;1-2H3. The average Bonchev–Trinajstić information content (AvgIpc) is 2.68. The highest BCUT2D eigenvalue weighted by atomic mass is 16.5. The molecular weight excluding hydrogens is 194 g/mol. The number of aromatic nitrogens is 2. The first-order valence-electron chi connectivity index (χ1n) is 5.36. The smallest absolute Gasteiger partial charge is 0.246 e. The molecule has 1 atom stereocenters. The third-order valence-electron chi connectivity index (χ3n) is 2.09. The summed E-state index contributed by atoms with van der Waals surface area (Å²) in [6.45, 7) is 8.29. The van der Waals surface area contributed by atoms with Crippen LogP contribution in [0, 0.1) is 6.92 Å². The van der Waals surface area contributed by atoms with E-state index in [1.807, 2.05) is 13.8 Å². The highest BCUT2D eigenvalue weighted by Gasteiger charge is 2.23. The van der Waals surface area contributed by atoms with Crippen LogP contribution in [-0.4, -0.2) is 41.8 Å².